The lowest BCUT2D eigenvalue weighted by Crippen LogP contribution is -2.33. The van der Waals surface area contributed by atoms with Crippen molar-refractivity contribution in [2.45, 2.75) is 57.9 Å². The zero-order valence-corrected chi connectivity index (χ0v) is 15.2. The first-order valence-corrected chi connectivity index (χ1v) is 8.87. The Morgan fingerprint density at radius 1 is 0.833 bits per heavy atom. The Morgan fingerprint density at radius 2 is 1.25 bits per heavy atom. The molecule has 24 heavy (non-hydrogen) atoms. The molecule has 0 bridgehead atoms. The van der Waals surface area contributed by atoms with E-state index in [-0.39, 0.29) is 0 Å². The molecule has 0 spiro atoms. The summed E-state index contributed by atoms with van der Waals surface area (Å²) in [7, 11) is 1.68. The van der Waals surface area contributed by atoms with Crippen molar-refractivity contribution < 1.29 is 9.90 Å². The van der Waals surface area contributed by atoms with Crippen molar-refractivity contribution >= 4 is 5.97 Å². The van der Waals surface area contributed by atoms with Gasteiger partial charge in [0, 0.05) is 0 Å². The predicted octanol–water partition coefficient (Wildman–Crippen LogP) is 5.19. The van der Waals surface area contributed by atoms with Crippen molar-refractivity contribution in [3.63, 3.8) is 0 Å². The van der Waals surface area contributed by atoms with Gasteiger partial charge in [-0.05, 0) is 52.0 Å². The molecule has 3 nitrogen and oxygen atoms in total. The number of carboxylic acids is 1. The smallest absolute Gasteiger partial charge is 0.320 e. The molecule has 0 aromatic rings. The maximum absolute atomic E-state index is 10.8. The highest BCUT2D eigenvalue weighted by molar-refractivity contribution is 5.73. The lowest BCUT2D eigenvalue weighted by atomic mass is 10.1. The number of aliphatic carboxylic acids is 1. The van der Waals surface area contributed by atoms with Gasteiger partial charge in [-0.3, -0.25) is 4.79 Å². The number of carbonyl (C=O) groups is 1. The van der Waals surface area contributed by atoms with Crippen molar-refractivity contribution in [1.82, 2.24) is 5.32 Å². The molecule has 0 rings (SSSR count). The summed E-state index contributed by atoms with van der Waals surface area (Å²) in [5.74, 6) is -0.787. The lowest BCUT2D eigenvalue weighted by molar-refractivity contribution is -0.139. The van der Waals surface area contributed by atoms with E-state index in [1.165, 1.54) is 0 Å². The number of rotatable bonds is 14. The molecule has 0 aromatic carbocycles. The van der Waals surface area contributed by atoms with E-state index in [0.717, 1.165) is 38.5 Å². The van der Waals surface area contributed by atoms with E-state index >= 15 is 0 Å². The molecule has 0 aliphatic heterocycles. The zero-order chi connectivity index (χ0) is 17.9. The van der Waals surface area contributed by atoms with Gasteiger partial charge in [0.15, 0.2) is 0 Å². The van der Waals surface area contributed by atoms with Crippen LogP contribution in [0.2, 0.25) is 0 Å². The molecule has 2 N–H and O–H groups in total. The molecule has 0 saturated carbocycles. The van der Waals surface area contributed by atoms with Gasteiger partial charge in [0.05, 0.1) is 0 Å². The summed E-state index contributed by atoms with van der Waals surface area (Å²) >= 11 is 0. The van der Waals surface area contributed by atoms with Crippen LogP contribution in [0.25, 0.3) is 0 Å². The predicted molar refractivity (Wildman–Crippen MR) is 104 cm³/mol. The van der Waals surface area contributed by atoms with Crippen LogP contribution >= 0.6 is 0 Å². The summed E-state index contributed by atoms with van der Waals surface area (Å²) in [6, 6.07) is -0.452. The third kappa shape index (κ3) is 15.0. The summed E-state index contributed by atoms with van der Waals surface area (Å²) in [5.41, 5.74) is 0. The molecule has 3 heteroatoms. The summed E-state index contributed by atoms with van der Waals surface area (Å²) in [4.78, 5) is 10.8. The number of carboxylic acid groups (broad SMARTS) is 1. The van der Waals surface area contributed by atoms with E-state index < -0.39 is 12.0 Å². The maximum atomic E-state index is 10.8. The van der Waals surface area contributed by atoms with Crippen LogP contribution in [0.3, 0.4) is 0 Å². The third-order valence-electron chi connectivity index (χ3n) is 3.43. The van der Waals surface area contributed by atoms with Crippen LogP contribution in [0, 0.1) is 0 Å². The van der Waals surface area contributed by atoms with Crippen molar-refractivity contribution in [2.75, 3.05) is 7.05 Å². The Kier molecular flexibility index (Phi) is 16.1. The first-order valence-electron chi connectivity index (χ1n) is 8.87. The molecular formula is C21H33NO2. The second-order valence-electron chi connectivity index (χ2n) is 5.46. The molecule has 0 aliphatic rings. The van der Waals surface area contributed by atoms with Gasteiger partial charge in [-0.15, -0.1) is 0 Å². The van der Waals surface area contributed by atoms with Crippen LogP contribution in [-0.2, 0) is 4.79 Å². The topological polar surface area (TPSA) is 49.3 Å². The van der Waals surface area contributed by atoms with Gasteiger partial charge < -0.3 is 10.4 Å². The fourth-order valence-electron chi connectivity index (χ4n) is 2.02. The highest BCUT2D eigenvalue weighted by Crippen LogP contribution is 2.00. The molecule has 0 aromatic heterocycles. The fourth-order valence-corrected chi connectivity index (χ4v) is 2.02. The number of nitrogens with one attached hydrogen (secondary N) is 1. The number of hydrogen-bond acceptors (Lipinski definition) is 2. The molecule has 0 aliphatic carbocycles. The quantitative estimate of drug-likeness (QED) is 0.431. The normalized spacial score (nSPS) is 14.1. The lowest BCUT2D eigenvalue weighted by Gasteiger charge is -2.08. The van der Waals surface area contributed by atoms with Crippen LogP contribution in [-0.4, -0.2) is 24.2 Å². The van der Waals surface area contributed by atoms with Crippen LogP contribution in [0.15, 0.2) is 60.8 Å². The monoisotopic (exact) mass is 331 g/mol. The molecule has 134 valence electrons. The van der Waals surface area contributed by atoms with Gasteiger partial charge in [-0.1, -0.05) is 67.7 Å². The van der Waals surface area contributed by atoms with E-state index in [2.05, 4.69) is 66.9 Å². The average molecular weight is 332 g/mol. The van der Waals surface area contributed by atoms with Crippen molar-refractivity contribution in [2.24, 2.45) is 0 Å². The molecule has 1 unspecified atom stereocenters. The van der Waals surface area contributed by atoms with Gasteiger partial charge in [-0.2, -0.15) is 0 Å². The number of allylic oxidation sites excluding steroid dienone is 10. The van der Waals surface area contributed by atoms with Crippen molar-refractivity contribution in [3.8, 4) is 0 Å². The van der Waals surface area contributed by atoms with Gasteiger partial charge in [0.2, 0.25) is 0 Å². The minimum atomic E-state index is -0.787. The highest BCUT2D eigenvalue weighted by Gasteiger charge is 2.12. The van der Waals surface area contributed by atoms with Crippen molar-refractivity contribution in [1.29, 1.82) is 0 Å². The summed E-state index contributed by atoms with van der Waals surface area (Å²) < 4.78 is 0. The standard InChI is InChI=1S/C21H33NO2/c1-3-4-5-6-7-8-9-10-11-12-13-14-15-16-17-18-19-20(22-2)21(23)24/h4-5,7-8,10-11,13-14,16-17,20,22H,3,6,9,12,15,18-19H2,1-2H3,(H,23,24)/b5-4-,8-7-,11-10-,14-13-,17-16-. The summed E-state index contributed by atoms with van der Waals surface area (Å²) in [6.45, 7) is 2.14. The average Bonchev–Trinajstić information content (AvgIpc) is 2.57. The first kappa shape index (κ1) is 22.1. The Bertz CT molecular complexity index is 445. The van der Waals surface area contributed by atoms with E-state index in [0.29, 0.717) is 6.42 Å². The molecule has 0 heterocycles. The minimum Gasteiger partial charge on any atom is -0.480 e. The van der Waals surface area contributed by atoms with Crippen LogP contribution in [0.1, 0.15) is 51.9 Å². The Hall–Kier alpha value is -1.87. The minimum absolute atomic E-state index is 0.452. The second-order valence-corrected chi connectivity index (χ2v) is 5.46. The Morgan fingerprint density at radius 3 is 1.62 bits per heavy atom. The molecule has 0 amide bonds. The largest absolute Gasteiger partial charge is 0.480 e. The van der Waals surface area contributed by atoms with E-state index in [9.17, 15) is 4.79 Å². The molecule has 0 radical (unpaired) electrons. The van der Waals surface area contributed by atoms with Crippen LogP contribution in [0.4, 0.5) is 0 Å². The summed E-state index contributed by atoms with van der Waals surface area (Å²) in [5, 5.41) is 11.7. The van der Waals surface area contributed by atoms with E-state index in [1.807, 2.05) is 6.08 Å². The number of hydrogen-bond donors (Lipinski definition) is 2. The SMILES string of the molecule is CC/C=C\C/C=C\C/C=C\C/C=C\C/C=C\CCC(NC)C(=O)O. The first-order chi connectivity index (χ1) is 11.7. The van der Waals surface area contributed by atoms with Gasteiger partial charge in [-0.25, -0.2) is 0 Å². The fraction of sp³-hybridized carbons (Fsp3) is 0.476. The highest BCUT2D eigenvalue weighted by atomic mass is 16.4. The molecule has 1 atom stereocenters. The molecular weight excluding hydrogens is 298 g/mol. The van der Waals surface area contributed by atoms with Crippen LogP contribution in [0.5, 0.6) is 0 Å². The van der Waals surface area contributed by atoms with E-state index in [4.69, 9.17) is 5.11 Å². The summed E-state index contributed by atoms with van der Waals surface area (Å²) in [6.07, 6.45) is 27.9. The van der Waals surface area contributed by atoms with Gasteiger partial charge >= 0.3 is 5.97 Å². The van der Waals surface area contributed by atoms with Crippen LogP contribution < -0.4 is 5.32 Å². The van der Waals surface area contributed by atoms with E-state index in [1.54, 1.807) is 7.05 Å². The third-order valence-corrected chi connectivity index (χ3v) is 3.43. The molecule has 0 saturated heterocycles. The Labute approximate surface area is 147 Å². The Balaban J connectivity index is 3.61. The molecule has 0 fully saturated rings. The second kappa shape index (κ2) is 17.5. The number of likely N-dealkylation sites (N-methyl/N-ethyl adjacent to an activating group) is 1. The maximum Gasteiger partial charge on any atom is 0.320 e. The zero-order valence-electron chi connectivity index (χ0n) is 15.2. The van der Waals surface area contributed by atoms with Gasteiger partial charge in [0.25, 0.3) is 0 Å². The van der Waals surface area contributed by atoms with Crippen molar-refractivity contribution in [3.05, 3.63) is 60.8 Å². The van der Waals surface area contributed by atoms with Gasteiger partial charge in [0.1, 0.15) is 6.04 Å².